The predicted octanol–water partition coefficient (Wildman–Crippen LogP) is 0.361. The molecule has 2 unspecified atom stereocenters. The summed E-state index contributed by atoms with van der Waals surface area (Å²) in [6.45, 7) is 1.71. The number of nitrogens with one attached hydrogen (secondary N) is 1. The van der Waals surface area contributed by atoms with Crippen molar-refractivity contribution in [1.29, 1.82) is 0 Å². The molecule has 1 aromatic carbocycles. The molecule has 0 bridgehead atoms. The lowest BCUT2D eigenvalue weighted by molar-refractivity contribution is -0.149. The van der Waals surface area contributed by atoms with Gasteiger partial charge in [0.25, 0.3) is 0 Å². The molecule has 3 N–H and O–H groups in total. The van der Waals surface area contributed by atoms with Crippen molar-refractivity contribution in [2.45, 2.75) is 30.1 Å². The van der Waals surface area contributed by atoms with Gasteiger partial charge in [-0.25, -0.2) is 4.79 Å². The molecule has 2 aliphatic rings. The summed E-state index contributed by atoms with van der Waals surface area (Å²) < 4.78 is 4.79. The number of thioether (sulfide) groups is 1. The number of ether oxygens (including phenoxy) is 1. The van der Waals surface area contributed by atoms with E-state index in [-0.39, 0.29) is 29.3 Å². The molecule has 8 heteroatoms. The van der Waals surface area contributed by atoms with E-state index in [1.807, 2.05) is 30.3 Å². The number of hydrogen-bond donors (Lipinski definition) is 2. The largest absolute Gasteiger partial charge is 0.464 e. The lowest BCUT2D eigenvalue weighted by Gasteiger charge is -2.50. The van der Waals surface area contributed by atoms with Crippen LogP contribution in [0.2, 0.25) is 0 Å². The fraction of sp³-hybridized carbons (Fsp3) is 0.353. The first-order valence-electron chi connectivity index (χ1n) is 7.80. The van der Waals surface area contributed by atoms with Crippen LogP contribution in [0.4, 0.5) is 0 Å². The summed E-state index contributed by atoms with van der Waals surface area (Å²) in [7, 11) is 1.26. The van der Waals surface area contributed by atoms with Crippen molar-refractivity contribution < 1.29 is 19.1 Å². The first-order valence-corrected chi connectivity index (χ1v) is 8.74. The van der Waals surface area contributed by atoms with Gasteiger partial charge in [0, 0.05) is 0 Å². The molecule has 1 aromatic rings. The maximum atomic E-state index is 12.3. The zero-order valence-electron chi connectivity index (χ0n) is 13.9. The highest BCUT2D eigenvalue weighted by Crippen LogP contribution is 2.42. The maximum absolute atomic E-state index is 12.3. The Labute approximate surface area is 149 Å². The van der Waals surface area contributed by atoms with Gasteiger partial charge in [-0.15, -0.1) is 11.8 Å². The summed E-state index contributed by atoms with van der Waals surface area (Å²) >= 11 is 1.35. The van der Waals surface area contributed by atoms with Gasteiger partial charge in [-0.05, 0) is 18.1 Å². The molecule has 2 amide bonds. The summed E-state index contributed by atoms with van der Waals surface area (Å²) in [5.41, 5.74) is 7.49. The van der Waals surface area contributed by atoms with Crippen LogP contribution in [0.15, 0.2) is 41.6 Å². The molecule has 2 heterocycles. The highest BCUT2D eigenvalue weighted by molar-refractivity contribution is 8.00. The summed E-state index contributed by atoms with van der Waals surface area (Å²) in [5, 5.41) is 2.09. The number of nitrogens with two attached hydrogens (primary N) is 1. The molecule has 0 aliphatic carbocycles. The minimum absolute atomic E-state index is 0.167. The second-order valence-electron chi connectivity index (χ2n) is 5.89. The minimum Gasteiger partial charge on any atom is -0.464 e. The van der Waals surface area contributed by atoms with Gasteiger partial charge in [-0.1, -0.05) is 30.3 Å². The molecular formula is C17H19N3O4S. The van der Waals surface area contributed by atoms with Crippen molar-refractivity contribution in [3.63, 3.8) is 0 Å². The summed E-state index contributed by atoms with van der Waals surface area (Å²) in [6, 6.07) is 8.69. The molecule has 0 spiro atoms. The quantitative estimate of drug-likeness (QED) is 0.593. The van der Waals surface area contributed by atoms with Crippen LogP contribution >= 0.6 is 11.8 Å². The number of benzene rings is 1. The van der Waals surface area contributed by atoms with Crippen LogP contribution in [0.5, 0.6) is 0 Å². The third-order valence-electron chi connectivity index (χ3n) is 4.25. The fourth-order valence-corrected chi connectivity index (χ4v) is 4.31. The van der Waals surface area contributed by atoms with Crippen LogP contribution in [0, 0.1) is 0 Å². The number of fused-ring (bicyclic) bond motifs is 1. The van der Waals surface area contributed by atoms with E-state index in [1.54, 1.807) is 6.92 Å². The summed E-state index contributed by atoms with van der Waals surface area (Å²) in [4.78, 5) is 37.8. The second kappa shape index (κ2) is 6.89. The summed E-state index contributed by atoms with van der Waals surface area (Å²) in [5.74, 6) is -1.09. The van der Waals surface area contributed by atoms with Crippen LogP contribution in [-0.4, -0.2) is 46.6 Å². The van der Waals surface area contributed by atoms with E-state index in [0.29, 0.717) is 5.57 Å². The van der Waals surface area contributed by atoms with Gasteiger partial charge >= 0.3 is 5.97 Å². The van der Waals surface area contributed by atoms with E-state index in [1.165, 1.54) is 23.8 Å². The molecule has 25 heavy (non-hydrogen) atoms. The molecule has 0 aromatic heterocycles. The van der Waals surface area contributed by atoms with Crippen molar-refractivity contribution in [2.24, 2.45) is 5.73 Å². The number of methoxy groups -OCH3 is 1. The Hall–Kier alpha value is -2.32. The Morgan fingerprint density at radius 1 is 1.32 bits per heavy atom. The number of hydrogen-bond acceptors (Lipinski definition) is 6. The van der Waals surface area contributed by atoms with Crippen LogP contribution in [0.25, 0.3) is 0 Å². The number of nitrogens with zero attached hydrogens (tertiary/aromatic N) is 1. The Balaban J connectivity index is 1.80. The Bertz CT molecular complexity index is 750. The van der Waals surface area contributed by atoms with Gasteiger partial charge in [0.05, 0.1) is 13.5 Å². The number of rotatable bonds is 4. The normalized spacial score (nSPS) is 25.2. The van der Waals surface area contributed by atoms with Gasteiger partial charge in [-0.3, -0.25) is 14.5 Å². The van der Waals surface area contributed by atoms with Crippen molar-refractivity contribution in [1.82, 2.24) is 10.2 Å². The van der Waals surface area contributed by atoms with Crippen LogP contribution < -0.4 is 11.1 Å². The molecule has 3 atom stereocenters. The predicted molar refractivity (Wildman–Crippen MR) is 93.0 cm³/mol. The van der Waals surface area contributed by atoms with Gasteiger partial charge < -0.3 is 15.8 Å². The lowest BCUT2D eigenvalue weighted by Crippen LogP contribution is -2.69. The SMILES string of the molecule is COC(=O)C1=C(C)C(NC(=O)Cc2ccccc2)S[C@@H]2C(N)C(=O)N12. The van der Waals surface area contributed by atoms with E-state index in [2.05, 4.69) is 5.32 Å². The van der Waals surface area contributed by atoms with Crippen molar-refractivity contribution in [3.05, 3.63) is 47.2 Å². The molecule has 1 saturated heterocycles. The van der Waals surface area contributed by atoms with Crippen LogP contribution in [-0.2, 0) is 25.5 Å². The average Bonchev–Trinajstić information content (AvgIpc) is 2.62. The zero-order chi connectivity index (χ0) is 18.1. The van der Waals surface area contributed by atoms with Gasteiger partial charge in [-0.2, -0.15) is 0 Å². The average molecular weight is 361 g/mol. The van der Waals surface area contributed by atoms with E-state index < -0.39 is 17.4 Å². The molecule has 132 valence electrons. The van der Waals surface area contributed by atoms with Crippen LogP contribution in [0.3, 0.4) is 0 Å². The molecular weight excluding hydrogens is 342 g/mol. The number of carbonyl (C=O) groups excluding carboxylic acids is 3. The third-order valence-corrected chi connectivity index (χ3v) is 5.77. The monoisotopic (exact) mass is 361 g/mol. The lowest BCUT2D eigenvalue weighted by atomic mass is 10.0. The highest BCUT2D eigenvalue weighted by Gasteiger charge is 2.53. The Kier molecular flexibility index (Phi) is 4.82. The van der Waals surface area contributed by atoms with E-state index >= 15 is 0 Å². The number of amides is 2. The van der Waals surface area contributed by atoms with Gasteiger partial charge in [0.2, 0.25) is 11.8 Å². The molecule has 2 aliphatic heterocycles. The highest BCUT2D eigenvalue weighted by atomic mass is 32.2. The molecule has 1 fully saturated rings. The summed E-state index contributed by atoms with van der Waals surface area (Å²) in [6.07, 6.45) is 0.234. The van der Waals surface area contributed by atoms with Crippen LogP contribution in [0.1, 0.15) is 12.5 Å². The molecule has 0 saturated carbocycles. The van der Waals surface area contributed by atoms with Gasteiger partial charge in [0.15, 0.2) is 0 Å². The first-order chi connectivity index (χ1) is 11.9. The Morgan fingerprint density at radius 3 is 2.64 bits per heavy atom. The van der Waals surface area contributed by atoms with Gasteiger partial charge in [0.1, 0.15) is 22.5 Å². The van der Waals surface area contributed by atoms with Crippen molar-refractivity contribution >= 4 is 29.5 Å². The van der Waals surface area contributed by atoms with Crippen molar-refractivity contribution in [3.8, 4) is 0 Å². The minimum atomic E-state index is -0.689. The topological polar surface area (TPSA) is 102 Å². The van der Waals surface area contributed by atoms with E-state index in [4.69, 9.17) is 10.5 Å². The number of β-lactam (4-membered cyclic amide) rings is 1. The first kappa shape index (κ1) is 17.5. The smallest absolute Gasteiger partial charge is 0.354 e. The molecule has 0 radical (unpaired) electrons. The fourth-order valence-electron chi connectivity index (χ4n) is 2.90. The van der Waals surface area contributed by atoms with Crippen molar-refractivity contribution in [2.75, 3.05) is 7.11 Å². The number of carbonyl (C=O) groups is 3. The second-order valence-corrected chi connectivity index (χ2v) is 7.12. The van der Waals surface area contributed by atoms with E-state index in [0.717, 1.165) is 5.56 Å². The molecule has 7 nitrogen and oxygen atoms in total. The molecule has 3 rings (SSSR count). The maximum Gasteiger partial charge on any atom is 0.354 e. The third kappa shape index (κ3) is 3.14. The Morgan fingerprint density at radius 2 is 2.00 bits per heavy atom. The standard InChI is InChI=1S/C17H19N3O4S/c1-9-13(17(23)24-2)20-15(22)12(18)16(20)25-14(9)19-11(21)8-10-6-4-3-5-7-10/h3-7,12,14,16H,8,18H2,1-2H3,(H,19,21)/t12?,14?,16-/m1/s1. The number of esters is 1. The zero-order valence-corrected chi connectivity index (χ0v) is 14.7. The van der Waals surface area contributed by atoms with E-state index in [9.17, 15) is 14.4 Å².